The number of nitrogens with two attached hydrogens (primary N) is 1. The number of carbonyl (C=O) groups is 2. The second-order valence-electron chi connectivity index (χ2n) is 4.76. The molecule has 9 heteroatoms. The van der Waals surface area contributed by atoms with E-state index >= 15 is 0 Å². The van der Waals surface area contributed by atoms with Crippen LogP contribution in [0.25, 0.3) is 0 Å². The number of aliphatic hydroxyl groups is 1. The maximum Gasteiger partial charge on any atom is 0.269 e. The van der Waals surface area contributed by atoms with E-state index in [9.17, 15) is 14.7 Å². The van der Waals surface area contributed by atoms with Crippen LogP contribution in [0.5, 0.6) is 0 Å². The number of halogens is 2. The Morgan fingerprint density at radius 1 is 1.43 bits per heavy atom. The largest absolute Gasteiger partial charge is 0.382 e. The van der Waals surface area contributed by atoms with E-state index in [4.69, 9.17) is 17.3 Å². The third kappa shape index (κ3) is 7.71. The fourth-order valence-electron chi connectivity index (χ4n) is 1.61. The van der Waals surface area contributed by atoms with Crippen molar-refractivity contribution >= 4 is 57.8 Å². The Kier molecular flexibility index (Phi) is 9.22. The van der Waals surface area contributed by atoms with Gasteiger partial charge in [-0.15, -0.1) is 11.8 Å². The molecule has 0 bridgehead atoms. The monoisotopic (exact) mass is 471 g/mol. The maximum atomic E-state index is 11.8. The van der Waals surface area contributed by atoms with Gasteiger partial charge in [-0.05, 0) is 37.3 Å². The third-order valence-corrected chi connectivity index (χ3v) is 5.10. The lowest BCUT2D eigenvalue weighted by molar-refractivity contribution is -0.131. The van der Waals surface area contributed by atoms with Gasteiger partial charge in [0, 0.05) is 16.6 Å². The van der Waals surface area contributed by atoms with E-state index in [2.05, 4.69) is 33.4 Å². The number of rotatable bonds is 7. The lowest BCUT2D eigenvalue weighted by Gasteiger charge is -2.18. The van der Waals surface area contributed by atoms with Crippen LogP contribution in [0, 0.1) is 0 Å². The van der Waals surface area contributed by atoms with E-state index in [1.807, 2.05) is 6.92 Å². The van der Waals surface area contributed by atoms with Crippen LogP contribution in [0.3, 0.4) is 0 Å². The molecule has 6 nitrogen and oxygen atoms in total. The Balaban J connectivity index is 2.41. The van der Waals surface area contributed by atoms with Gasteiger partial charge >= 0.3 is 0 Å². The first-order valence-corrected chi connectivity index (χ1v) is 9.53. The molecule has 0 aliphatic rings. The van der Waals surface area contributed by atoms with E-state index in [0.29, 0.717) is 20.3 Å². The Labute approximate surface area is 158 Å². The zero-order valence-corrected chi connectivity index (χ0v) is 16.2. The van der Waals surface area contributed by atoms with Gasteiger partial charge in [-0.1, -0.05) is 40.3 Å². The third-order valence-electron chi connectivity index (χ3n) is 2.86. The highest BCUT2D eigenvalue weighted by molar-refractivity contribution is 14.1. The van der Waals surface area contributed by atoms with Crippen LogP contribution in [-0.2, 0) is 4.79 Å². The number of carbonyl (C=O) groups excluding carboxylic acids is 2. The normalized spacial score (nSPS) is 14.7. The van der Waals surface area contributed by atoms with Crippen LogP contribution in [0.1, 0.15) is 23.7 Å². The number of hydrogen-bond acceptors (Lipinski definition) is 5. The molecule has 0 aliphatic heterocycles. The number of hydrazine groups is 1. The van der Waals surface area contributed by atoms with Crippen molar-refractivity contribution in [2.24, 2.45) is 5.73 Å². The molecule has 0 aliphatic carbocycles. The summed E-state index contributed by atoms with van der Waals surface area (Å²) in [5, 5.41) is 10.3. The SMILES string of the molecule is CC(I)SCC[C@H](N)[C@@H](O)C(=O)NNC(=O)c1cccc(Cl)c1. The summed E-state index contributed by atoms with van der Waals surface area (Å²) >= 11 is 9.75. The van der Waals surface area contributed by atoms with Crippen molar-refractivity contribution in [2.45, 2.75) is 28.7 Å². The molecular formula is C14H19ClIN3O3S. The quantitative estimate of drug-likeness (QED) is 0.275. The Bertz CT molecular complexity index is 548. The first-order chi connectivity index (χ1) is 10.8. The molecule has 2 amide bonds. The van der Waals surface area contributed by atoms with Crippen molar-refractivity contribution in [3.63, 3.8) is 0 Å². The van der Waals surface area contributed by atoms with Gasteiger partial charge in [-0.3, -0.25) is 20.4 Å². The lowest BCUT2D eigenvalue weighted by Crippen LogP contribution is -2.52. The van der Waals surface area contributed by atoms with Crippen molar-refractivity contribution in [1.29, 1.82) is 0 Å². The highest BCUT2D eigenvalue weighted by Gasteiger charge is 2.23. The van der Waals surface area contributed by atoms with Gasteiger partial charge in [0.2, 0.25) is 0 Å². The molecular weight excluding hydrogens is 453 g/mol. The molecule has 128 valence electrons. The molecule has 1 unspecified atom stereocenters. The molecule has 0 spiro atoms. The number of benzene rings is 1. The molecule has 1 rings (SSSR count). The average molecular weight is 472 g/mol. The van der Waals surface area contributed by atoms with Crippen molar-refractivity contribution in [3.05, 3.63) is 34.9 Å². The molecule has 1 aromatic rings. The predicted octanol–water partition coefficient (Wildman–Crippen LogP) is 1.69. The first kappa shape index (κ1) is 20.5. The second kappa shape index (κ2) is 10.3. The van der Waals surface area contributed by atoms with E-state index in [0.717, 1.165) is 5.75 Å². The Morgan fingerprint density at radius 3 is 2.74 bits per heavy atom. The molecule has 0 radical (unpaired) electrons. The fraction of sp³-hybridized carbons (Fsp3) is 0.429. The molecule has 0 aromatic heterocycles. The van der Waals surface area contributed by atoms with Gasteiger partial charge < -0.3 is 10.8 Å². The number of amides is 2. The van der Waals surface area contributed by atoms with Gasteiger partial charge in [-0.25, -0.2) is 0 Å². The average Bonchev–Trinajstić information content (AvgIpc) is 2.50. The molecule has 5 N–H and O–H groups in total. The number of thioether (sulfide) groups is 1. The van der Waals surface area contributed by atoms with Crippen LogP contribution >= 0.6 is 46.0 Å². The number of alkyl halides is 1. The van der Waals surface area contributed by atoms with Gasteiger partial charge in [0.25, 0.3) is 11.8 Å². The van der Waals surface area contributed by atoms with Crippen LogP contribution in [0.15, 0.2) is 24.3 Å². The lowest BCUT2D eigenvalue weighted by atomic mass is 10.1. The van der Waals surface area contributed by atoms with Crippen molar-refractivity contribution in [1.82, 2.24) is 10.9 Å². The molecule has 0 fully saturated rings. The summed E-state index contributed by atoms with van der Waals surface area (Å²) in [7, 11) is 0. The molecule has 0 heterocycles. The van der Waals surface area contributed by atoms with Crippen molar-refractivity contribution in [3.8, 4) is 0 Å². The Hall–Kier alpha value is -0.550. The standard InChI is InChI=1S/C14H19ClIN3O3S/c1-8(16)23-6-5-11(17)12(20)14(22)19-18-13(21)9-3-2-4-10(15)7-9/h2-4,7-8,11-12,20H,5-6,17H2,1H3,(H,18,21)(H,19,22)/t8?,11-,12+/m0/s1. The summed E-state index contributed by atoms with van der Waals surface area (Å²) in [6.07, 6.45) is -0.894. The maximum absolute atomic E-state index is 11.8. The Morgan fingerprint density at radius 2 is 2.13 bits per heavy atom. The molecule has 1 aromatic carbocycles. The molecule has 23 heavy (non-hydrogen) atoms. The molecule has 0 saturated heterocycles. The summed E-state index contributed by atoms with van der Waals surface area (Å²) in [5.74, 6) is -0.541. The minimum absolute atomic E-state index is 0.295. The summed E-state index contributed by atoms with van der Waals surface area (Å²) in [6, 6.07) is 5.58. The minimum Gasteiger partial charge on any atom is -0.382 e. The van der Waals surface area contributed by atoms with E-state index in [-0.39, 0.29) is 0 Å². The first-order valence-electron chi connectivity index (χ1n) is 6.86. The highest BCUT2D eigenvalue weighted by Crippen LogP contribution is 2.18. The molecule has 3 atom stereocenters. The topological polar surface area (TPSA) is 104 Å². The van der Waals surface area contributed by atoms with Crippen molar-refractivity contribution in [2.75, 3.05) is 5.75 Å². The summed E-state index contributed by atoms with van der Waals surface area (Å²) in [5.41, 5.74) is 10.5. The number of nitrogens with one attached hydrogen (secondary N) is 2. The van der Waals surface area contributed by atoms with Crippen LogP contribution in [0.2, 0.25) is 5.02 Å². The highest BCUT2D eigenvalue weighted by atomic mass is 127. The summed E-state index contributed by atoms with van der Waals surface area (Å²) in [6.45, 7) is 2.05. The van der Waals surface area contributed by atoms with E-state index in [1.54, 1.807) is 30.0 Å². The van der Waals surface area contributed by atoms with Crippen LogP contribution in [-0.4, -0.2) is 38.1 Å². The zero-order chi connectivity index (χ0) is 17.4. The van der Waals surface area contributed by atoms with E-state index < -0.39 is 24.0 Å². The van der Waals surface area contributed by atoms with Crippen LogP contribution < -0.4 is 16.6 Å². The van der Waals surface area contributed by atoms with Gasteiger partial charge in [-0.2, -0.15) is 0 Å². The van der Waals surface area contributed by atoms with E-state index in [1.165, 1.54) is 6.07 Å². The smallest absolute Gasteiger partial charge is 0.269 e. The number of hydrogen-bond donors (Lipinski definition) is 4. The zero-order valence-electron chi connectivity index (χ0n) is 12.5. The van der Waals surface area contributed by atoms with Gasteiger partial charge in [0.15, 0.2) is 0 Å². The van der Waals surface area contributed by atoms with Crippen LogP contribution in [0.4, 0.5) is 0 Å². The molecule has 0 saturated carbocycles. The number of aliphatic hydroxyl groups excluding tert-OH is 1. The fourth-order valence-corrected chi connectivity index (χ4v) is 3.30. The summed E-state index contributed by atoms with van der Waals surface area (Å²) < 4.78 is 0.433. The van der Waals surface area contributed by atoms with Gasteiger partial charge in [0.05, 0.1) is 3.26 Å². The van der Waals surface area contributed by atoms with Gasteiger partial charge in [0.1, 0.15) is 6.10 Å². The van der Waals surface area contributed by atoms with Crippen molar-refractivity contribution < 1.29 is 14.7 Å². The summed E-state index contributed by atoms with van der Waals surface area (Å²) in [4.78, 5) is 23.6. The second-order valence-corrected chi connectivity index (χ2v) is 9.36. The predicted molar refractivity (Wildman–Crippen MR) is 102 cm³/mol. The minimum atomic E-state index is -1.39.